The molecule has 0 spiro atoms. The lowest BCUT2D eigenvalue weighted by atomic mass is 10.2. The molecule has 0 radical (unpaired) electrons. The van der Waals surface area contributed by atoms with Crippen molar-refractivity contribution in [2.45, 2.75) is 12.8 Å². The van der Waals surface area contributed by atoms with E-state index in [9.17, 15) is 19.5 Å². The molecular weight excluding hydrogens is 678 g/mol. The normalized spacial score (nSPS) is 10.3. The first-order valence-corrected chi connectivity index (χ1v) is 10.3. The molecule has 0 saturated carbocycles. The molecule has 0 aromatic heterocycles. The van der Waals surface area contributed by atoms with Crippen LogP contribution >= 0.6 is 79.4 Å². The summed E-state index contributed by atoms with van der Waals surface area (Å²) < 4.78 is 1.88. The van der Waals surface area contributed by atoms with E-state index in [1.54, 1.807) is 6.07 Å². The van der Waals surface area contributed by atoms with Crippen molar-refractivity contribution in [3.8, 4) is 0 Å². The standard InChI is InChI=1S/C13H13ClI3N3O4/c14-5-9(22)20-18-3-1-2-8(21)19-12-7(16)4-6(15)10(11(12)17)13(23)24/h4,18H,1-3,5H2,(H,19,21)(H,20,22)(H,23,24). The van der Waals surface area contributed by atoms with Crippen LogP contribution < -0.4 is 16.2 Å². The van der Waals surface area contributed by atoms with Crippen LogP contribution in [-0.2, 0) is 9.59 Å². The molecule has 24 heavy (non-hydrogen) atoms. The summed E-state index contributed by atoms with van der Waals surface area (Å²) >= 11 is 11.3. The summed E-state index contributed by atoms with van der Waals surface area (Å²) in [4.78, 5) is 34.3. The van der Waals surface area contributed by atoms with Crippen LogP contribution in [0.3, 0.4) is 0 Å². The third-order valence-corrected chi connectivity index (χ3v) is 5.73. The number of carboxylic acids is 1. The summed E-state index contributed by atoms with van der Waals surface area (Å²) in [6, 6.07) is 1.71. The molecule has 1 aromatic carbocycles. The Bertz CT molecular complexity index is 658. The number of alkyl halides is 1. The quantitative estimate of drug-likeness (QED) is 0.145. The van der Waals surface area contributed by atoms with E-state index in [4.69, 9.17) is 11.6 Å². The monoisotopic (exact) mass is 691 g/mol. The van der Waals surface area contributed by atoms with Gasteiger partial charge in [-0.15, -0.1) is 11.6 Å². The second kappa shape index (κ2) is 10.9. The van der Waals surface area contributed by atoms with Crippen molar-refractivity contribution in [1.82, 2.24) is 10.9 Å². The van der Waals surface area contributed by atoms with Crippen LogP contribution in [0.4, 0.5) is 5.69 Å². The van der Waals surface area contributed by atoms with Gasteiger partial charge >= 0.3 is 5.97 Å². The molecule has 0 aliphatic heterocycles. The van der Waals surface area contributed by atoms with Gasteiger partial charge in [0.05, 0.1) is 14.8 Å². The summed E-state index contributed by atoms with van der Waals surface area (Å²) in [7, 11) is 0. The lowest BCUT2D eigenvalue weighted by molar-refractivity contribution is -0.119. The lowest BCUT2D eigenvalue weighted by Crippen LogP contribution is -2.38. The Kier molecular flexibility index (Phi) is 10.1. The topological polar surface area (TPSA) is 108 Å². The highest BCUT2D eigenvalue weighted by atomic mass is 127. The summed E-state index contributed by atoms with van der Waals surface area (Å²) in [5, 5.41) is 12.0. The molecule has 4 N–H and O–H groups in total. The molecule has 7 nitrogen and oxygen atoms in total. The number of benzene rings is 1. The van der Waals surface area contributed by atoms with Gasteiger partial charge in [-0.2, -0.15) is 0 Å². The highest BCUT2D eigenvalue weighted by Gasteiger charge is 2.20. The van der Waals surface area contributed by atoms with E-state index in [2.05, 4.69) is 38.8 Å². The first kappa shape index (κ1) is 22.1. The van der Waals surface area contributed by atoms with Crippen molar-refractivity contribution < 1.29 is 19.5 Å². The third-order valence-electron chi connectivity index (χ3n) is 2.70. The van der Waals surface area contributed by atoms with E-state index in [1.165, 1.54) is 0 Å². The average Bonchev–Trinajstić information content (AvgIpc) is 2.50. The fraction of sp³-hybridized carbons (Fsp3) is 0.308. The number of carbonyl (C=O) groups excluding carboxylic acids is 2. The van der Waals surface area contributed by atoms with Gasteiger partial charge in [-0.1, -0.05) is 0 Å². The number of amides is 2. The number of hydrogen-bond acceptors (Lipinski definition) is 4. The van der Waals surface area contributed by atoms with Crippen LogP contribution in [0.1, 0.15) is 23.2 Å². The second-order valence-electron chi connectivity index (χ2n) is 4.47. The molecule has 0 aliphatic rings. The highest BCUT2D eigenvalue weighted by molar-refractivity contribution is 14.1. The molecule has 0 unspecified atom stereocenters. The van der Waals surface area contributed by atoms with Crippen LogP contribution in [0.5, 0.6) is 0 Å². The zero-order chi connectivity index (χ0) is 18.3. The molecular formula is C13H13ClI3N3O4. The maximum absolute atomic E-state index is 12.0. The van der Waals surface area contributed by atoms with Crippen LogP contribution in [-0.4, -0.2) is 35.3 Å². The highest BCUT2D eigenvalue weighted by Crippen LogP contribution is 2.31. The Hall–Kier alpha value is 0.0700. The van der Waals surface area contributed by atoms with Crippen molar-refractivity contribution in [3.05, 3.63) is 22.3 Å². The first-order valence-electron chi connectivity index (χ1n) is 6.56. The fourth-order valence-electron chi connectivity index (χ4n) is 1.63. The Labute approximate surface area is 184 Å². The van der Waals surface area contributed by atoms with Gasteiger partial charge in [0, 0.05) is 20.1 Å². The fourth-order valence-corrected chi connectivity index (χ4v) is 5.80. The molecule has 1 rings (SSSR count). The van der Waals surface area contributed by atoms with Gasteiger partial charge < -0.3 is 10.4 Å². The summed E-state index contributed by atoms with van der Waals surface area (Å²) in [5.74, 6) is -1.74. The molecule has 0 saturated heterocycles. The molecule has 0 fully saturated rings. The van der Waals surface area contributed by atoms with Gasteiger partial charge in [-0.25, -0.2) is 10.2 Å². The van der Waals surface area contributed by atoms with Gasteiger partial charge in [0.2, 0.25) is 11.8 Å². The van der Waals surface area contributed by atoms with Crippen molar-refractivity contribution >= 4 is 103 Å². The number of carbonyl (C=O) groups is 3. The van der Waals surface area contributed by atoms with Gasteiger partial charge in [0.1, 0.15) is 5.88 Å². The van der Waals surface area contributed by atoms with Gasteiger partial charge in [-0.3, -0.25) is 15.0 Å². The zero-order valence-electron chi connectivity index (χ0n) is 12.1. The maximum atomic E-state index is 12.0. The van der Waals surface area contributed by atoms with E-state index in [-0.39, 0.29) is 29.7 Å². The molecule has 0 bridgehead atoms. The van der Waals surface area contributed by atoms with E-state index in [0.29, 0.717) is 25.8 Å². The number of carboxylic acid groups (broad SMARTS) is 1. The number of hydrazine groups is 1. The van der Waals surface area contributed by atoms with Crippen molar-refractivity contribution in [2.24, 2.45) is 0 Å². The molecule has 11 heteroatoms. The molecule has 0 heterocycles. The number of aromatic carboxylic acids is 1. The largest absolute Gasteiger partial charge is 0.478 e. The first-order chi connectivity index (χ1) is 11.3. The number of nitrogens with one attached hydrogen (secondary N) is 3. The average molecular weight is 691 g/mol. The Balaban J connectivity index is 2.63. The van der Waals surface area contributed by atoms with Crippen molar-refractivity contribution in [2.75, 3.05) is 17.7 Å². The van der Waals surface area contributed by atoms with E-state index in [1.807, 2.05) is 45.2 Å². The number of anilines is 1. The van der Waals surface area contributed by atoms with E-state index >= 15 is 0 Å². The predicted molar refractivity (Wildman–Crippen MR) is 116 cm³/mol. The molecule has 1 aromatic rings. The Morgan fingerprint density at radius 2 is 1.79 bits per heavy atom. The summed E-state index contributed by atoms with van der Waals surface area (Å²) in [5.41, 5.74) is 5.72. The zero-order valence-corrected chi connectivity index (χ0v) is 19.3. The van der Waals surface area contributed by atoms with Gasteiger partial charge in [0.15, 0.2) is 0 Å². The minimum absolute atomic E-state index is 0.136. The number of hydrogen-bond donors (Lipinski definition) is 4. The predicted octanol–water partition coefficient (Wildman–Crippen LogP) is 2.78. The molecule has 0 aliphatic carbocycles. The summed E-state index contributed by atoms with van der Waals surface area (Å²) in [6.45, 7) is 0.414. The number of halogens is 4. The van der Waals surface area contributed by atoms with Crippen LogP contribution in [0.2, 0.25) is 0 Å². The molecule has 2 amide bonds. The minimum Gasteiger partial charge on any atom is -0.478 e. The Morgan fingerprint density at radius 3 is 2.38 bits per heavy atom. The summed E-state index contributed by atoms with van der Waals surface area (Å²) in [6.07, 6.45) is 0.724. The maximum Gasteiger partial charge on any atom is 0.337 e. The van der Waals surface area contributed by atoms with E-state index < -0.39 is 5.97 Å². The second-order valence-corrected chi connectivity index (χ2v) is 8.14. The van der Waals surface area contributed by atoms with Gasteiger partial charge in [0.25, 0.3) is 0 Å². The van der Waals surface area contributed by atoms with Crippen molar-refractivity contribution in [1.29, 1.82) is 0 Å². The molecule has 132 valence electrons. The minimum atomic E-state index is -1.03. The van der Waals surface area contributed by atoms with Crippen LogP contribution in [0.25, 0.3) is 0 Å². The van der Waals surface area contributed by atoms with Crippen LogP contribution in [0.15, 0.2) is 6.07 Å². The SMILES string of the molecule is O=C(CCl)NNCCCC(=O)Nc1c(I)cc(I)c(C(=O)O)c1I. The smallest absolute Gasteiger partial charge is 0.337 e. The lowest BCUT2D eigenvalue weighted by Gasteiger charge is -2.13. The van der Waals surface area contributed by atoms with Gasteiger partial charge in [-0.05, 0) is 80.3 Å². The van der Waals surface area contributed by atoms with Crippen LogP contribution in [0, 0.1) is 10.7 Å². The van der Waals surface area contributed by atoms with E-state index in [0.717, 1.165) is 3.57 Å². The molecule has 0 atom stereocenters. The van der Waals surface area contributed by atoms with Crippen molar-refractivity contribution in [3.63, 3.8) is 0 Å². The third kappa shape index (κ3) is 6.76. The number of rotatable bonds is 8. The Morgan fingerprint density at radius 1 is 1.12 bits per heavy atom.